The molecule has 0 spiro atoms. The smallest absolute Gasteiger partial charge is 0.214 e. The van der Waals surface area contributed by atoms with Crippen LogP contribution < -0.4 is 10.0 Å². The van der Waals surface area contributed by atoms with Gasteiger partial charge in [-0.25, -0.2) is 13.1 Å². The van der Waals surface area contributed by atoms with E-state index in [1.54, 1.807) is 0 Å². The lowest BCUT2D eigenvalue weighted by Gasteiger charge is -2.08. The molecule has 0 amide bonds. The molecule has 5 nitrogen and oxygen atoms in total. The molecule has 0 radical (unpaired) electrons. The maximum absolute atomic E-state index is 11.6. The maximum Gasteiger partial charge on any atom is 0.214 e. The number of sulfonamides is 1. The van der Waals surface area contributed by atoms with Crippen LogP contribution in [-0.4, -0.2) is 46.5 Å². The summed E-state index contributed by atoms with van der Waals surface area (Å²) < 4.78 is 30.9. The van der Waals surface area contributed by atoms with Crippen molar-refractivity contribution >= 4 is 22.4 Å². The van der Waals surface area contributed by atoms with Crippen molar-refractivity contribution in [3.8, 4) is 0 Å². The van der Waals surface area contributed by atoms with Crippen molar-refractivity contribution in [3.05, 3.63) is 0 Å². The number of halogens is 1. The minimum Gasteiger partial charge on any atom is -0.381 e. The molecule has 1 saturated carbocycles. The lowest BCUT2D eigenvalue weighted by molar-refractivity contribution is 0.163. The third-order valence-electron chi connectivity index (χ3n) is 3.11. The molecule has 1 saturated heterocycles. The zero-order valence-corrected chi connectivity index (χ0v) is 10.9. The van der Waals surface area contributed by atoms with Crippen molar-refractivity contribution in [2.45, 2.75) is 13.0 Å². The number of ether oxygens (including phenoxy) is 1. The van der Waals surface area contributed by atoms with E-state index in [0.29, 0.717) is 18.4 Å². The van der Waals surface area contributed by atoms with Crippen molar-refractivity contribution < 1.29 is 13.2 Å². The van der Waals surface area contributed by atoms with Crippen molar-refractivity contribution in [2.75, 3.05) is 32.1 Å². The molecule has 2 atom stereocenters. The van der Waals surface area contributed by atoms with Crippen LogP contribution in [0.4, 0.5) is 0 Å². The van der Waals surface area contributed by atoms with Crippen LogP contribution in [0.5, 0.6) is 0 Å². The summed E-state index contributed by atoms with van der Waals surface area (Å²) in [4.78, 5) is 0. The van der Waals surface area contributed by atoms with Crippen LogP contribution in [0.3, 0.4) is 0 Å². The molecular weight excluding hydrogens is 252 g/mol. The van der Waals surface area contributed by atoms with Crippen molar-refractivity contribution in [2.24, 2.45) is 11.8 Å². The molecule has 0 aromatic carbocycles. The van der Waals surface area contributed by atoms with Gasteiger partial charge in [-0.05, 0) is 31.8 Å². The first-order chi connectivity index (χ1) is 7.14. The quantitative estimate of drug-likeness (QED) is 0.644. The monoisotopic (exact) mass is 270 g/mol. The largest absolute Gasteiger partial charge is 0.381 e. The number of rotatable bonds is 6. The molecule has 0 bridgehead atoms. The van der Waals surface area contributed by atoms with Gasteiger partial charge in [0.05, 0.1) is 12.4 Å². The standard InChI is InChI=1S/C9H18N2O3S.ClH/c1-2-14-3-4-15(12,13)11-9-7-5-10-6-8(7)9;/h7-11H,2-6H2,1H3;1H. The van der Waals surface area contributed by atoms with Gasteiger partial charge in [-0.2, -0.15) is 0 Å². The fraction of sp³-hybridized carbons (Fsp3) is 1.00. The van der Waals surface area contributed by atoms with Crippen molar-refractivity contribution in [1.29, 1.82) is 0 Å². The van der Waals surface area contributed by atoms with E-state index in [9.17, 15) is 8.42 Å². The fourth-order valence-corrected chi connectivity index (χ4v) is 3.39. The van der Waals surface area contributed by atoms with Gasteiger partial charge in [0, 0.05) is 12.6 Å². The molecular formula is C9H19ClN2O3S. The van der Waals surface area contributed by atoms with E-state index in [0.717, 1.165) is 13.1 Å². The first-order valence-electron chi connectivity index (χ1n) is 5.42. The second-order valence-corrected chi connectivity index (χ2v) is 6.02. The Kier molecular flexibility index (Phi) is 5.00. The average Bonchev–Trinajstić information content (AvgIpc) is 2.64. The predicted molar refractivity (Wildman–Crippen MR) is 64.3 cm³/mol. The van der Waals surface area contributed by atoms with Gasteiger partial charge < -0.3 is 10.1 Å². The summed E-state index contributed by atoms with van der Waals surface area (Å²) in [6, 6.07) is 0.179. The molecule has 2 aliphatic rings. The molecule has 16 heavy (non-hydrogen) atoms. The van der Waals surface area contributed by atoms with Crippen LogP contribution in [-0.2, 0) is 14.8 Å². The van der Waals surface area contributed by atoms with Crippen LogP contribution in [0.25, 0.3) is 0 Å². The number of hydrogen-bond donors (Lipinski definition) is 2. The number of fused-ring (bicyclic) bond motifs is 1. The zero-order chi connectivity index (χ0) is 10.9. The van der Waals surface area contributed by atoms with Gasteiger partial charge in [0.15, 0.2) is 0 Å². The Morgan fingerprint density at radius 2 is 2.00 bits per heavy atom. The molecule has 2 unspecified atom stereocenters. The van der Waals surface area contributed by atoms with Gasteiger partial charge in [-0.15, -0.1) is 12.4 Å². The molecule has 7 heteroatoms. The van der Waals surface area contributed by atoms with Gasteiger partial charge in [0.2, 0.25) is 10.0 Å². The maximum atomic E-state index is 11.6. The zero-order valence-electron chi connectivity index (χ0n) is 9.31. The van der Waals surface area contributed by atoms with Crippen molar-refractivity contribution in [3.63, 3.8) is 0 Å². The third-order valence-corrected chi connectivity index (χ3v) is 4.44. The Bertz CT molecular complexity index is 313. The highest BCUT2D eigenvalue weighted by molar-refractivity contribution is 7.89. The lowest BCUT2D eigenvalue weighted by Crippen LogP contribution is -2.35. The van der Waals surface area contributed by atoms with E-state index in [1.165, 1.54) is 0 Å². The number of hydrogen-bond acceptors (Lipinski definition) is 4. The number of piperidine rings is 1. The summed E-state index contributed by atoms with van der Waals surface area (Å²) in [6.07, 6.45) is 0. The number of nitrogens with one attached hydrogen (secondary N) is 2. The van der Waals surface area contributed by atoms with Crippen molar-refractivity contribution in [1.82, 2.24) is 10.0 Å². The Balaban J connectivity index is 0.00000128. The molecule has 1 aliphatic carbocycles. The first-order valence-corrected chi connectivity index (χ1v) is 7.08. The van der Waals surface area contributed by atoms with Crippen LogP contribution in [0.1, 0.15) is 6.92 Å². The molecule has 1 aliphatic heterocycles. The summed E-state index contributed by atoms with van der Waals surface area (Å²) in [5, 5.41) is 3.23. The van der Waals surface area contributed by atoms with Crippen LogP contribution in [0.2, 0.25) is 0 Å². The average molecular weight is 271 g/mol. The minimum atomic E-state index is -3.14. The highest BCUT2D eigenvalue weighted by Gasteiger charge is 2.54. The normalized spacial score (nSPS) is 31.9. The minimum absolute atomic E-state index is 0. The first kappa shape index (κ1) is 14.2. The van der Waals surface area contributed by atoms with E-state index >= 15 is 0 Å². The SMILES string of the molecule is CCOCCS(=O)(=O)NC1C2CNCC21.Cl. The van der Waals surface area contributed by atoms with Gasteiger partial charge in [0.25, 0.3) is 0 Å². The predicted octanol–water partition coefficient (Wildman–Crippen LogP) is -0.418. The molecule has 96 valence electrons. The van der Waals surface area contributed by atoms with Crippen LogP contribution in [0.15, 0.2) is 0 Å². The second kappa shape index (κ2) is 5.64. The van der Waals surface area contributed by atoms with Crippen LogP contribution in [0, 0.1) is 11.8 Å². The molecule has 2 rings (SSSR count). The molecule has 2 fully saturated rings. The topological polar surface area (TPSA) is 67.4 Å². The Hall–Kier alpha value is 0.120. The fourth-order valence-electron chi connectivity index (χ4n) is 2.17. The molecule has 0 aromatic heterocycles. The summed E-state index contributed by atoms with van der Waals surface area (Å²) in [5.41, 5.74) is 0. The van der Waals surface area contributed by atoms with E-state index in [4.69, 9.17) is 4.74 Å². The van der Waals surface area contributed by atoms with E-state index in [1.807, 2.05) is 6.92 Å². The third kappa shape index (κ3) is 3.30. The lowest BCUT2D eigenvalue weighted by atomic mass is 10.4. The highest BCUT2D eigenvalue weighted by atomic mass is 35.5. The Morgan fingerprint density at radius 3 is 2.56 bits per heavy atom. The Morgan fingerprint density at radius 1 is 1.38 bits per heavy atom. The molecule has 0 aromatic rings. The molecule has 1 heterocycles. The summed E-state index contributed by atoms with van der Waals surface area (Å²) in [7, 11) is -3.14. The second-order valence-electron chi connectivity index (χ2n) is 4.15. The summed E-state index contributed by atoms with van der Waals surface area (Å²) >= 11 is 0. The van der Waals surface area contributed by atoms with Gasteiger partial charge in [-0.1, -0.05) is 0 Å². The van der Waals surface area contributed by atoms with Gasteiger partial charge in [0.1, 0.15) is 0 Å². The molecule has 2 N–H and O–H groups in total. The Labute approximate surface area is 103 Å². The summed E-state index contributed by atoms with van der Waals surface area (Å²) in [6.45, 7) is 4.60. The van der Waals surface area contributed by atoms with Gasteiger partial charge in [-0.3, -0.25) is 0 Å². The van der Waals surface area contributed by atoms with E-state index in [-0.39, 0.29) is 30.8 Å². The summed E-state index contributed by atoms with van der Waals surface area (Å²) in [5.74, 6) is 1.11. The van der Waals surface area contributed by atoms with Crippen LogP contribution >= 0.6 is 12.4 Å². The van der Waals surface area contributed by atoms with Gasteiger partial charge >= 0.3 is 0 Å². The van der Waals surface area contributed by atoms with E-state index in [2.05, 4.69) is 10.0 Å². The highest BCUT2D eigenvalue weighted by Crippen LogP contribution is 2.41. The van der Waals surface area contributed by atoms with E-state index < -0.39 is 10.0 Å².